The quantitative estimate of drug-likeness (QED) is 0.713. The number of nitrogens with zero attached hydrogens (tertiary/aromatic N) is 1. The summed E-state index contributed by atoms with van der Waals surface area (Å²) in [5.74, 6) is -0.519. The van der Waals surface area contributed by atoms with Crippen LogP contribution in [-0.4, -0.2) is 36.4 Å². The van der Waals surface area contributed by atoms with Crippen LogP contribution < -0.4 is 4.74 Å². The first-order valence-corrected chi connectivity index (χ1v) is 5.04. The lowest BCUT2D eigenvalue weighted by Crippen LogP contribution is -2.02. The maximum atomic E-state index is 10.7. The van der Waals surface area contributed by atoms with E-state index in [0.29, 0.717) is 19.0 Å². The highest BCUT2D eigenvalue weighted by atomic mass is 16.5. The van der Waals surface area contributed by atoms with Crippen LogP contribution in [0.25, 0.3) is 0 Å². The first kappa shape index (κ1) is 12.4. The number of hydrogen-bond acceptors (Lipinski definition) is 4. The summed E-state index contributed by atoms with van der Waals surface area (Å²) in [5.41, 5.74) is 0.134. The van der Waals surface area contributed by atoms with Gasteiger partial charge in [-0.2, -0.15) is 0 Å². The molecule has 0 saturated heterocycles. The Bertz CT molecular complexity index is 341. The predicted molar refractivity (Wildman–Crippen MR) is 57.8 cm³/mol. The molecule has 0 fully saturated rings. The monoisotopic (exact) mass is 225 g/mol. The lowest BCUT2D eigenvalue weighted by atomic mass is 10.3. The van der Waals surface area contributed by atoms with Crippen molar-refractivity contribution in [1.82, 2.24) is 4.98 Å². The summed E-state index contributed by atoms with van der Waals surface area (Å²) < 4.78 is 10.3. The predicted octanol–water partition coefficient (Wildman–Crippen LogP) is 1.59. The van der Waals surface area contributed by atoms with Crippen molar-refractivity contribution in [3.05, 3.63) is 24.0 Å². The number of aromatic nitrogens is 1. The molecule has 0 bridgehead atoms. The van der Waals surface area contributed by atoms with E-state index in [-0.39, 0.29) is 5.56 Å². The minimum Gasteiger partial charge on any atom is -0.492 e. The minimum atomic E-state index is -1.00. The Morgan fingerprint density at radius 1 is 1.38 bits per heavy atom. The lowest BCUT2D eigenvalue weighted by Gasteiger charge is -2.05. The summed E-state index contributed by atoms with van der Waals surface area (Å²) in [6.45, 7) is 1.24. The summed E-state index contributed by atoms with van der Waals surface area (Å²) in [6, 6.07) is 1.46. The minimum absolute atomic E-state index is 0.134. The van der Waals surface area contributed by atoms with Gasteiger partial charge in [0, 0.05) is 19.9 Å². The molecular weight excluding hydrogens is 210 g/mol. The SMILES string of the molecule is COCCCCOc1cncc(C(=O)O)c1. The second-order valence-electron chi connectivity index (χ2n) is 3.26. The molecule has 1 N–H and O–H groups in total. The van der Waals surface area contributed by atoms with Gasteiger partial charge in [0.05, 0.1) is 18.4 Å². The smallest absolute Gasteiger partial charge is 0.337 e. The van der Waals surface area contributed by atoms with Crippen molar-refractivity contribution in [2.24, 2.45) is 0 Å². The number of pyridine rings is 1. The van der Waals surface area contributed by atoms with Crippen LogP contribution in [0.15, 0.2) is 18.5 Å². The second-order valence-corrected chi connectivity index (χ2v) is 3.26. The molecular formula is C11H15NO4. The molecule has 1 rings (SSSR count). The molecule has 1 aromatic heterocycles. The third-order valence-corrected chi connectivity index (χ3v) is 1.97. The maximum absolute atomic E-state index is 10.7. The van der Waals surface area contributed by atoms with Crippen molar-refractivity contribution in [1.29, 1.82) is 0 Å². The van der Waals surface area contributed by atoms with Gasteiger partial charge in [0.15, 0.2) is 0 Å². The van der Waals surface area contributed by atoms with Gasteiger partial charge in [-0.15, -0.1) is 0 Å². The molecule has 0 unspecified atom stereocenters. The van der Waals surface area contributed by atoms with Crippen LogP contribution in [0.2, 0.25) is 0 Å². The van der Waals surface area contributed by atoms with Crippen molar-refractivity contribution in [3.8, 4) is 5.75 Å². The zero-order valence-electron chi connectivity index (χ0n) is 9.18. The van der Waals surface area contributed by atoms with Gasteiger partial charge in [-0.05, 0) is 18.9 Å². The largest absolute Gasteiger partial charge is 0.492 e. The van der Waals surface area contributed by atoms with Crippen LogP contribution in [0, 0.1) is 0 Å². The fourth-order valence-corrected chi connectivity index (χ4v) is 1.15. The average Bonchev–Trinajstić information content (AvgIpc) is 2.29. The summed E-state index contributed by atoms with van der Waals surface area (Å²) in [6.07, 6.45) is 4.58. The molecule has 0 aliphatic heterocycles. The molecule has 88 valence electrons. The first-order chi connectivity index (χ1) is 7.74. The van der Waals surface area contributed by atoms with Crippen molar-refractivity contribution in [2.45, 2.75) is 12.8 Å². The molecule has 5 nitrogen and oxygen atoms in total. The molecule has 1 heterocycles. The van der Waals surface area contributed by atoms with Crippen molar-refractivity contribution in [2.75, 3.05) is 20.3 Å². The zero-order chi connectivity index (χ0) is 11.8. The number of methoxy groups -OCH3 is 1. The van der Waals surface area contributed by atoms with Crippen LogP contribution in [-0.2, 0) is 4.74 Å². The molecule has 0 saturated carbocycles. The zero-order valence-corrected chi connectivity index (χ0v) is 9.18. The van der Waals surface area contributed by atoms with Crippen molar-refractivity contribution in [3.63, 3.8) is 0 Å². The number of aromatic carboxylic acids is 1. The number of carboxylic acid groups (broad SMARTS) is 1. The van der Waals surface area contributed by atoms with Gasteiger partial charge in [0.1, 0.15) is 5.75 Å². The van der Waals surface area contributed by atoms with Crippen LogP contribution >= 0.6 is 0 Å². The van der Waals surface area contributed by atoms with Gasteiger partial charge in [0.25, 0.3) is 0 Å². The topological polar surface area (TPSA) is 68.7 Å². The van der Waals surface area contributed by atoms with Gasteiger partial charge < -0.3 is 14.6 Å². The molecule has 0 amide bonds. The summed E-state index contributed by atoms with van der Waals surface area (Å²) in [5, 5.41) is 8.74. The van der Waals surface area contributed by atoms with E-state index in [9.17, 15) is 4.79 Å². The van der Waals surface area contributed by atoms with E-state index in [2.05, 4.69) is 4.98 Å². The summed E-state index contributed by atoms with van der Waals surface area (Å²) >= 11 is 0. The standard InChI is InChI=1S/C11H15NO4/c1-15-4-2-3-5-16-10-6-9(11(13)14)7-12-8-10/h6-8H,2-5H2,1H3,(H,13,14). The summed E-state index contributed by atoms with van der Waals surface area (Å²) in [7, 11) is 1.65. The van der Waals surface area contributed by atoms with E-state index in [1.807, 2.05) is 0 Å². The Labute approximate surface area is 94.0 Å². The molecule has 0 atom stereocenters. The Hall–Kier alpha value is -1.62. The van der Waals surface area contributed by atoms with Crippen LogP contribution in [0.4, 0.5) is 0 Å². The normalized spacial score (nSPS) is 10.1. The molecule has 16 heavy (non-hydrogen) atoms. The van der Waals surface area contributed by atoms with Crippen molar-refractivity contribution >= 4 is 5.97 Å². The van der Waals surface area contributed by atoms with E-state index >= 15 is 0 Å². The van der Waals surface area contributed by atoms with Gasteiger partial charge in [-0.25, -0.2) is 4.79 Å². The molecule has 1 aromatic rings. The van der Waals surface area contributed by atoms with Gasteiger partial charge in [-0.3, -0.25) is 4.98 Å². The number of carbonyl (C=O) groups is 1. The molecule has 0 aromatic carbocycles. The van der Waals surface area contributed by atoms with Crippen LogP contribution in [0.1, 0.15) is 23.2 Å². The second kappa shape index (κ2) is 6.79. The third-order valence-electron chi connectivity index (χ3n) is 1.97. The highest BCUT2D eigenvalue weighted by Crippen LogP contribution is 2.11. The molecule has 5 heteroatoms. The lowest BCUT2D eigenvalue weighted by molar-refractivity contribution is 0.0696. The Kier molecular flexibility index (Phi) is 5.28. The highest BCUT2D eigenvalue weighted by Gasteiger charge is 2.04. The maximum Gasteiger partial charge on any atom is 0.337 e. The molecule has 0 spiro atoms. The number of carboxylic acids is 1. The highest BCUT2D eigenvalue weighted by molar-refractivity contribution is 5.87. The van der Waals surface area contributed by atoms with Crippen molar-refractivity contribution < 1.29 is 19.4 Å². The van der Waals surface area contributed by atoms with E-state index in [1.54, 1.807) is 7.11 Å². The molecule has 0 aliphatic rings. The van der Waals surface area contributed by atoms with Gasteiger partial charge in [0.2, 0.25) is 0 Å². The fourth-order valence-electron chi connectivity index (χ4n) is 1.15. The Balaban J connectivity index is 2.36. The third kappa shape index (κ3) is 4.27. The van der Waals surface area contributed by atoms with Crippen LogP contribution in [0.5, 0.6) is 5.75 Å². The van der Waals surface area contributed by atoms with E-state index in [4.69, 9.17) is 14.6 Å². The van der Waals surface area contributed by atoms with E-state index < -0.39 is 5.97 Å². The van der Waals surface area contributed by atoms with Crippen LogP contribution in [0.3, 0.4) is 0 Å². The Morgan fingerprint density at radius 3 is 2.81 bits per heavy atom. The Morgan fingerprint density at radius 2 is 2.12 bits per heavy atom. The number of hydrogen-bond donors (Lipinski definition) is 1. The van der Waals surface area contributed by atoms with E-state index in [0.717, 1.165) is 12.8 Å². The fraction of sp³-hybridized carbons (Fsp3) is 0.455. The number of rotatable bonds is 7. The summed E-state index contributed by atoms with van der Waals surface area (Å²) in [4.78, 5) is 14.4. The van der Waals surface area contributed by atoms with Gasteiger partial charge in [-0.1, -0.05) is 0 Å². The first-order valence-electron chi connectivity index (χ1n) is 5.04. The average molecular weight is 225 g/mol. The number of ether oxygens (including phenoxy) is 2. The van der Waals surface area contributed by atoms with Gasteiger partial charge >= 0.3 is 5.97 Å². The molecule has 0 radical (unpaired) electrons. The number of unbranched alkanes of at least 4 members (excludes halogenated alkanes) is 1. The molecule has 0 aliphatic carbocycles. The van der Waals surface area contributed by atoms with E-state index in [1.165, 1.54) is 18.5 Å².